The Balaban J connectivity index is 1.75. The fourth-order valence-corrected chi connectivity index (χ4v) is 1.84. The molecule has 1 unspecified atom stereocenters. The van der Waals surface area contributed by atoms with Gasteiger partial charge in [-0.3, -0.25) is 4.81 Å². The molecule has 0 bridgehead atoms. The van der Waals surface area contributed by atoms with E-state index in [9.17, 15) is 0 Å². The highest BCUT2D eigenvalue weighted by Crippen LogP contribution is 2.21. The van der Waals surface area contributed by atoms with Crippen LogP contribution in [0, 0.1) is 0 Å². The lowest BCUT2D eigenvalue weighted by Crippen LogP contribution is -2.28. The quantitative estimate of drug-likeness (QED) is 0.585. The van der Waals surface area contributed by atoms with Gasteiger partial charge in [-0.15, -0.1) is 0 Å². The zero-order valence-electron chi connectivity index (χ0n) is 7.66. The zero-order chi connectivity index (χ0) is 8.39. The van der Waals surface area contributed by atoms with Gasteiger partial charge in [0.1, 0.15) is 0 Å². The molecule has 2 aliphatic heterocycles. The molecule has 4 heteroatoms. The Bertz CT molecular complexity index is 144. The highest BCUT2D eigenvalue weighted by Gasteiger charge is 2.42. The van der Waals surface area contributed by atoms with Crippen molar-refractivity contribution in [2.75, 3.05) is 19.7 Å². The first kappa shape index (κ1) is 8.54. The third-order valence-corrected chi connectivity index (χ3v) is 2.56. The van der Waals surface area contributed by atoms with E-state index in [0.717, 1.165) is 19.7 Å². The molecule has 0 amide bonds. The van der Waals surface area contributed by atoms with Crippen molar-refractivity contribution in [3.63, 3.8) is 0 Å². The predicted molar refractivity (Wildman–Crippen MR) is 47.7 cm³/mol. The maximum absolute atomic E-state index is 5.69. The van der Waals surface area contributed by atoms with Crippen LogP contribution in [0.25, 0.3) is 0 Å². The predicted octanol–water partition coefficient (Wildman–Crippen LogP) is 0.893. The van der Waals surface area contributed by atoms with Crippen LogP contribution < -0.4 is 0 Å². The lowest BCUT2D eigenvalue weighted by atomic mass is 10.1. The highest BCUT2D eigenvalue weighted by atomic mass is 16.6. The summed E-state index contributed by atoms with van der Waals surface area (Å²) < 4.78 is 11.1. The Morgan fingerprint density at radius 1 is 1.58 bits per heavy atom. The molecule has 0 aromatic heterocycles. The van der Waals surface area contributed by atoms with Crippen molar-refractivity contribution in [1.29, 1.82) is 0 Å². The lowest BCUT2D eigenvalue weighted by molar-refractivity contribution is 0.169. The molecule has 0 radical (unpaired) electrons. The van der Waals surface area contributed by atoms with Crippen LogP contribution >= 0.6 is 0 Å². The van der Waals surface area contributed by atoms with E-state index in [4.69, 9.17) is 9.31 Å². The summed E-state index contributed by atoms with van der Waals surface area (Å²) in [5, 5.41) is 0. The molecule has 0 aliphatic carbocycles. The van der Waals surface area contributed by atoms with E-state index >= 15 is 0 Å². The van der Waals surface area contributed by atoms with Crippen molar-refractivity contribution in [1.82, 2.24) is 4.81 Å². The molecule has 1 atom stereocenters. The third-order valence-electron chi connectivity index (χ3n) is 2.56. The van der Waals surface area contributed by atoms with E-state index in [1.807, 2.05) is 0 Å². The van der Waals surface area contributed by atoms with E-state index in [1.165, 1.54) is 19.3 Å². The van der Waals surface area contributed by atoms with Crippen molar-refractivity contribution >= 4 is 7.25 Å². The van der Waals surface area contributed by atoms with Crippen LogP contribution in [-0.4, -0.2) is 37.9 Å². The van der Waals surface area contributed by atoms with Gasteiger partial charge >= 0.3 is 7.25 Å². The number of unbranched alkanes of at least 4 members (excludes halogenated alkanes) is 1. The van der Waals surface area contributed by atoms with Crippen LogP contribution in [-0.2, 0) is 9.31 Å². The normalized spacial score (nSPS) is 29.8. The van der Waals surface area contributed by atoms with Gasteiger partial charge in [0, 0.05) is 19.7 Å². The summed E-state index contributed by atoms with van der Waals surface area (Å²) >= 11 is 0. The largest absolute Gasteiger partial charge is 0.558 e. The molecule has 0 aromatic carbocycles. The van der Waals surface area contributed by atoms with Crippen molar-refractivity contribution in [2.24, 2.45) is 0 Å². The van der Waals surface area contributed by atoms with Crippen molar-refractivity contribution in [3.05, 3.63) is 0 Å². The second-order valence-electron chi connectivity index (χ2n) is 3.57. The van der Waals surface area contributed by atoms with E-state index in [-0.39, 0.29) is 7.25 Å². The van der Waals surface area contributed by atoms with Gasteiger partial charge < -0.3 is 9.31 Å². The summed E-state index contributed by atoms with van der Waals surface area (Å²) in [6.07, 6.45) is 4.14. The Morgan fingerprint density at radius 3 is 3.25 bits per heavy atom. The Morgan fingerprint density at radius 2 is 2.50 bits per heavy atom. The number of nitrogens with zero attached hydrogens (tertiary/aromatic N) is 1. The fraction of sp³-hybridized carbons (Fsp3) is 1.00. The van der Waals surface area contributed by atoms with E-state index in [1.54, 1.807) is 0 Å². The average Bonchev–Trinajstić information content (AvgIpc) is 2.58. The molecule has 0 spiro atoms. The van der Waals surface area contributed by atoms with Gasteiger partial charge in [-0.25, -0.2) is 0 Å². The van der Waals surface area contributed by atoms with Crippen molar-refractivity contribution in [3.8, 4) is 0 Å². The molecule has 0 N–H and O–H groups in total. The topological polar surface area (TPSA) is 21.7 Å². The second-order valence-corrected chi connectivity index (χ2v) is 3.57. The molecule has 2 saturated heterocycles. The van der Waals surface area contributed by atoms with Crippen LogP contribution in [0.4, 0.5) is 0 Å². The lowest BCUT2D eigenvalue weighted by Gasteiger charge is -2.09. The van der Waals surface area contributed by atoms with E-state index < -0.39 is 0 Å². The monoisotopic (exact) mass is 169 g/mol. The van der Waals surface area contributed by atoms with Crippen LogP contribution in [0.2, 0.25) is 0 Å². The molecule has 0 saturated carbocycles. The maximum atomic E-state index is 5.69. The Hall–Kier alpha value is -0.0551. The van der Waals surface area contributed by atoms with Gasteiger partial charge in [0.15, 0.2) is 0 Å². The van der Waals surface area contributed by atoms with Gasteiger partial charge in [0.05, 0.1) is 6.10 Å². The van der Waals surface area contributed by atoms with Gasteiger partial charge in [0.25, 0.3) is 0 Å². The molecular formula is C8H16BNO2. The SMILES string of the molecule is CCCCC1CN2CCOB2O1. The summed E-state index contributed by atoms with van der Waals surface area (Å²) in [5.74, 6) is 0. The standard InChI is InChI=1S/C8H16BNO2/c1-2-3-4-8-7-10-5-6-11-9(10)12-8/h8H,2-7H2,1H3. The maximum Gasteiger partial charge on any atom is 0.558 e. The van der Waals surface area contributed by atoms with Gasteiger partial charge in [-0.05, 0) is 6.42 Å². The summed E-state index contributed by atoms with van der Waals surface area (Å²) in [6, 6.07) is 0. The van der Waals surface area contributed by atoms with E-state index in [2.05, 4.69) is 11.7 Å². The highest BCUT2D eigenvalue weighted by molar-refractivity contribution is 6.42. The third kappa shape index (κ3) is 1.65. The minimum atomic E-state index is -0.00754. The fourth-order valence-electron chi connectivity index (χ4n) is 1.84. The van der Waals surface area contributed by atoms with Crippen LogP contribution in [0.1, 0.15) is 26.2 Å². The van der Waals surface area contributed by atoms with Crippen molar-refractivity contribution < 1.29 is 9.31 Å². The Kier molecular flexibility index (Phi) is 2.68. The van der Waals surface area contributed by atoms with Gasteiger partial charge in [-0.2, -0.15) is 0 Å². The first-order valence-electron chi connectivity index (χ1n) is 4.91. The molecule has 68 valence electrons. The second kappa shape index (κ2) is 3.77. The summed E-state index contributed by atoms with van der Waals surface area (Å²) in [6.45, 7) is 5.18. The smallest absolute Gasteiger partial charge is 0.396 e. The number of hydrogen-bond acceptors (Lipinski definition) is 3. The molecule has 2 heterocycles. The average molecular weight is 169 g/mol. The summed E-state index contributed by atoms with van der Waals surface area (Å²) in [5.41, 5.74) is 0. The molecule has 2 aliphatic rings. The minimum Gasteiger partial charge on any atom is -0.396 e. The first-order valence-corrected chi connectivity index (χ1v) is 4.91. The van der Waals surface area contributed by atoms with Crippen molar-refractivity contribution in [2.45, 2.75) is 32.3 Å². The number of fused-ring (bicyclic) bond motifs is 1. The molecule has 0 aromatic rings. The summed E-state index contributed by atoms with van der Waals surface area (Å²) in [4.78, 5) is 2.28. The number of rotatable bonds is 3. The minimum absolute atomic E-state index is 0.00754. The molecule has 2 rings (SSSR count). The Labute approximate surface area is 74.2 Å². The summed E-state index contributed by atoms with van der Waals surface area (Å²) in [7, 11) is -0.00754. The van der Waals surface area contributed by atoms with Gasteiger partial charge in [0.2, 0.25) is 0 Å². The molecule has 12 heavy (non-hydrogen) atoms. The first-order chi connectivity index (χ1) is 5.90. The zero-order valence-corrected chi connectivity index (χ0v) is 7.66. The molecule has 2 fully saturated rings. The van der Waals surface area contributed by atoms with Crippen LogP contribution in [0.15, 0.2) is 0 Å². The molecular weight excluding hydrogens is 153 g/mol. The van der Waals surface area contributed by atoms with Crippen LogP contribution in [0.3, 0.4) is 0 Å². The van der Waals surface area contributed by atoms with Gasteiger partial charge in [-0.1, -0.05) is 19.8 Å². The van der Waals surface area contributed by atoms with Crippen LogP contribution in [0.5, 0.6) is 0 Å². The number of hydrogen-bond donors (Lipinski definition) is 0. The molecule has 3 nitrogen and oxygen atoms in total. The van der Waals surface area contributed by atoms with E-state index in [0.29, 0.717) is 6.10 Å².